The molecule has 0 saturated carbocycles. The van der Waals surface area contributed by atoms with Crippen LogP contribution in [-0.4, -0.2) is 45.2 Å². The van der Waals surface area contributed by atoms with Crippen LogP contribution in [-0.2, 0) is 13.1 Å². The summed E-state index contributed by atoms with van der Waals surface area (Å²) >= 11 is 1.61. The largest absolute Gasteiger partial charge is 0.493 e. The van der Waals surface area contributed by atoms with Crippen molar-refractivity contribution >= 4 is 17.2 Å². The zero-order valence-corrected chi connectivity index (χ0v) is 18.0. The molecule has 8 nitrogen and oxygen atoms in total. The lowest BCUT2D eigenvalue weighted by Crippen LogP contribution is -2.30. The average molecular weight is 436 g/mol. The van der Waals surface area contributed by atoms with Gasteiger partial charge in [-0.05, 0) is 51.7 Å². The maximum atomic E-state index is 13.7. The van der Waals surface area contributed by atoms with E-state index < -0.39 is 0 Å². The van der Waals surface area contributed by atoms with Crippen LogP contribution in [0.4, 0.5) is 0 Å². The molecule has 4 aromatic rings. The maximum absolute atomic E-state index is 13.7. The molecule has 0 bridgehead atoms. The van der Waals surface area contributed by atoms with Gasteiger partial charge in [-0.1, -0.05) is 24.3 Å². The van der Waals surface area contributed by atoms with Gasteiger partial charge in [0.2, 0.25) is 0 Å². The van der Waals surface area contributed by atoms with E-state index in [-0.39, 0.29) is 5.91 Å². The van der Waals surface area contributed by atoms with Gasteiger partial charge in [0.15, 0.2) is 11.5 Å². The lowest BCUT2D eigenvalue weighted by Gasteiger charge is -2.24. The van der Waals surface area contributed by atoms with E-state index in [1.807, 2.05) is 53.9 Å². The Kier molecular flexibility index (Phi) is 6.23. The molecule has 0 radical (unpaired) electrons. The van der Waals surface area contributed by atoms with Gasteiger partial charge >= 0.3 is 0 Å². The van der Waals surface area contributed by atoms with Crippen molar-refractivity contribution in [3.8, 4) is 17.2 Å². The summed E-state index contributed by atoms with van der Waals surface area (Å²) in [6, 6.07) is 17.0. The van der Waals surface area contributed by atoms with Crippen molar-refractivity contribution in [2.45, 2.75) is 13.1 Å². The van der Waals surface area contributed by atoms with E-state index in [4.69, 9.17) is 9.47 Å². The van der Waals surface area contributed by atoms with Gasteiger partial charge in [-0.3, -0.25) is 4.79 Å². The summed E-state index contributed by atoms with van der Waals surface area (Å²) in [5.41, 5.74) is 2.08. The first-order chi connectivity index (χ1) is 15.2. The summed E-state index contributed by atoms with van der Waals surface area (Å²) in [5, 5.41) is 13.3. The number of tetrazole rings is 1. The first-order valence-corrected chi connectivity index (χ1v) is 10.4. The number of para-hydroxylation sites is 1. The van der Waals surface area contributed by atoms with E-state index in [2.05, 4.69) is 15.5 Å². The van der Waals surface area contributed by atoms with Gasteiger partial charge in [0, 0.05) is 11.4 Å². The van der Waals surface area contributed by atoms with Gasteiger partial charge in [-0.2, -0.15) is 4.68 Å². The summed E-state index contributed by atoms with van der Waals surface area (Å²) in [6.07, 6.45) is 1.48. The fraction of sp³-hybridized carbons (Fsp3) is 0.182. The van der Waals surface area contributed by atoms with Crippen molar-refractivity contribution in [2.24, 2.45) is 0 Å². The lowest BCUT2D eigenvalue weighted by molar-refractivity contribution is 0.0731. The van der Waals surface area contributed by atoms with Crippen molar-refractivity contribution in [1.82, 2.24) is 25.1 Å². The Bertz CT molecular complexity index is 1150. The molecule has 2 aromatic carbocycles. The predicted molar refractivity (Wildman–Crippen MR) is 117 cm³/mol. The summed E-state index contributed by atoms with van der Waals surface area (Å²) < 4.78 is 12.2. The predicted octanol–water partition coefficient (Wildman–Crippen LogP) is 3.58. The van der Waals surface area contributed by atoms with E-state index in [9.17, 15) is 4.79 Å². The van der Waals surface area contributed by atoms with Crippen LogP contribution < -0.4 is 9.47 Å². The first kappa shape index (κ1) is 20.5. The number of hydrogen-bond donors (Lipinski definition) is 0. The molecule has 2 heterocycles. The minimum atomic E-state index is -0.116. The van der Waals surface area contributed by atoms with Gasteiger partial charge in [0.05, 0.1) is 32.0 Å². The van der Waals surface area contributed by atoms with Crippen molar-refractivity contribution in [1.29, 1.82) is 0 Å². The highest BCUT2D eigenvalue weighted by Gasteiger charge is 2.21. The van der Waals surface area contributed by atoms with Crippen LogP contribution >= 0.6 is 11.3 Å². The Hall–Kier alpha value is -3.72. The molecule has 4 rings (SSSR count). The van der Waals surface area contributed by atoms with Gasteiger partial charge < -0.3 is 14.4 Å². The lowest BCUT2D eigenvalue weighted by atomic mass is 10.1. The summed E-state index contributed by atoms with van der Waals surface area (Å²) in [4.78, 5) is 16.6. The number of rotatable bonds is 8. The summed E-state index contributed by atoms with van der Waals surface area (Å²) in [6.45, 7) is 0.885. The van der Waals surface area contributed by atoms with Gasteiger partial charge in [0.1, 0.15) is 6.33 Å². The monoisotopic (exact) mass is 435 g/mol. The second kappa shape index (κ2) is 9.40. The number of carbonyl (C=O) groups excluding carboxylic acids is 1. The Morgan fingerprint density at radius 1 is 1.03 bits per heavy atom. The molecule has 158 valence electrons. The van der Waals surface area contributed by atoms with Crippen LogP contribution in [0.1, 0.15) is 20.8 Å². The number of carbonyl (C=O) groups is 1. The third-order valence-corrected chi connectivity index (χ3v) is 5.63. The molecule has 9 heteroatoms. The average Bonchev–Trinajstić information content (AvgIpc) is 3.52. The summed E-state index contributed by atoms with van der Waals surface area (Å²) in [7, 11) is 3.19. The summed E-state index contributed by atoms with van der Waals surface area (Å²) in [5.74, 6) is 1.15. The van der Waals surface area contributed by atoms with Crippen molar-refractivity contribution in [3.63, 3.8) is 0 Å². The normalized spacial score (nSPS) is 10.6. The fourth-order valence-electron chi connectivity index (χ4n) is 3.29. The third-order valence-electron chi connectivity index (χ3n) is 4.77. The number of ether oxygens (including phenoxy) is 2. The molecule has 0 fully saturated rings. The molecule has 2 aromatic heterocycles. The molecule has 0 atom stereocenters. The van der Waals surface area contributed by atoms with E-state index >= 15 is 0 Å². The van der Waals surface area contributed by atoms with Crippen molar-refractivity contribution < 1.29 is 14.3 Å². The molecular formula is C22H21N5O3S. The number of nitrogens with zero attached hydrogens (tertiary/aromatic N) is 5. The number of methoxy groups -OCH3 is 2. The highest BCUT2D eigenvalue weighted by atomic mass is 32.1. The molecule has 0 N–H and O–H groups in total. The number of thiophene rings is 1. The highest BCUT2D eigenvalue weighted by Crippen LogP contribution is 2.29. The zero-order valence-electron chi connectivity index (χ0n) is 17.1. The van der Waals surface area contributed by atoms with Crippen LogP contribution in [0.25, 0.3) is 5.69 Å². The molecule has 0 saturated heterocycles. The smallest absolute Gasteiger partial charge is 0.256 e. The van der Waals surface area contributed by atoms with Gasteiger partial charge in [0.25, 0.3) is 5.91 Å². The standard InChI is InChI=1S/C22H21N5O3S/c1-29-20-10-9-16(12-21(20)30-2)13-26(14-17-6-5-11-31-17)22(28)18-7-3-4-8-19(18)27-15-23-24-25-27/h3-12,15H,13-14H2,1-2H3. The molecule has 31 heavy (non-hydrogen) atoms. The van der Waals surface area contributed by atoms with Crippen LogP contribution in [0.3, 0.4) is 0 Å². The van der Waals surface area contributed by atoms with Crippen LogP contribution in [0.15, 0.2) is 66.3 Å². The zero-order chi connectivity index (χ0) is 21.6. The molecule has 0 aliphatic heterocycles. The molecule has 0 aliphatic rings. The molecule has 0 unspecified atom stereocenters. The number of hydrogen-bond acceptors (Lipinski definition) is 7. The SMILES string of the molecule is COc1ccc(CN(Cc2cccs2)C(=O)c2ccccc2-n2cnnn2)cc1OC. The fourth-order valence-corrected chi connectivity index (χ4v) is 4.01. The Morgan fingerprint density at radius 2 is 1.87 bits per heavy atom. The van der Waals surface area contributed by atoms with Crippen molar-refractivity contribution in [3.05, 3.63) is 82.3 Å². The topological polar surface area (TPSA) is 82.4 Å². The molecule has 0 aliphatic carbocycles. The van der Waals surface area contributed by atoms with Crippen LogP contribution in [0.2, 0.25) is 0 Å². The highest BCUT2D eigenvalue weighted by molar-refractivity contribution is 7.09. The quantitative estimate of drug-likeness (QED) is 0.421. The molecule has 0 spiro atoms. The second-order valence-electron chi connectivity index (χ2n) is 6.70. The Balaban J connectivity index is 1.69. The third kappa shape index (κ3) is 4.56. The molecular weight excluding hydrogens is 414 g/mol. The Morgan fingerprint density at radius 3 is 2.58 bits per heavy atom. The van der Waals surface area contributed by atoms with Crippen LogP contribution in [0, 0.1) is 0 Å². The Labute approximate surface area is 183 Å². The number of amides is 1. The van der Waals surface area contributed by atoms with E-state index in [0.717, 1.165) is 10.4 Å². The van der Waals surface area contributed by atoms with E-state index in [1.165, 1.54) is 11.0 Å². The van der Waals surface area contributed by atoms with Gasteiger partial charge in [-0.25, -0.2) is 0 Å². The van der Waals surface area contributed by atoms with Gasteiger partial charge in [-0.15, -0.1) is 16.4 Å². The maximum Gasteiger partial charge on any atom is 0.256 e. The van der Waals surface area contributed by atoms with Crippen LogP contribution in [0.5, 0.6) is 11.5 Å². The van der Waals surface area contributed by atoms with E-state index in [0.29, 0.717) is 35.8 Å². The first-order valence-electron chi connectivity index (χ1n) is 9.54. The minimum Gasteiger partial charge on any atom is -0.493 e. The number of aromatic nitrogens is 4. The van der Waals surface area contributed by atoms with Crippen molar-refractivity contribution in [2.75, 3.05) is 14.2 Å². The number of benzene rings is 2. The second-order valence-corrected chi connectivity index (χ2v) is 7.73. The molecule has 1 amide bonds. The minimum absolute atomic E-state index is 0.116. The van der Waals surface area contributed by atoms with E-state index in [1.54, 1.807) is 36.5 Å².